The maximum absolute atomic E-state index is 8.74. The van der Waals surface area contributed by atoms with E-state index in [1.807, 2.05) is 0 Å². The summed E-state index contributed by atoms with van der Waals surface area (Å²) in [5, 5.41) is 8.74. The predicted octanol–water partition coefficient (Wildman–Crippen LogP) is 0.794. The van der Waals surface area contributed by atoms with Gasteiger partial charge in [-0.15, -0.1) is 0 Å². The number of hydrogen-bond acceptors (Lipinski definition) is 2. The fourth-order valence-corrected chi connectivity index (χ4v) is 1.36. The molecule has 0 saturated carbocycles. The molecule has 1 aliphatic heterocycles. The standard InChI is InChI=1S/C7H14O2/c1-2-6-3-4-9-7(6)5-8/h6-8H,2-5H2,1H3. The Labute approximate surface area is 55.8 Å². The Morgan fingerprint density at radius 3 is 2.89 bits per heavy atom. The van der Waals surface area contributed by atoms with Crippen molar-refractivity contribution in [3.05, 3.63) is 0 Å². The Bertz CT molecular complexity index is 73.0. The van der Waals surface area contributed by atoms with Gasteiger partial charge >= 0.3 is 0 Å². The van der Waals surface area contributed by atoms with Crippen LogP contribution in [0.2, 0.25) is 0 Å². The Hall–Kier alpha value is -0.0800. The average Bonchev–Trinajstić information content (AvgIpc) is 2.33. The van der Waals surface area contributed by atoms with Gasteiger partial charge in [0.05, 0.1) is 12.7 Å². The highest BCUT2D eigenvalue weighted by Crippen LogP contribution is 2.22. The molecule has 0 spiro atoms. The van der Waals surface area contributed by atoms with Crippen LogP contribution in [-0.4, -0.2) is 24.4 Å². The van der Waals surface area contributed by atoms with E-state index in [4.69, 9.17) is 9.84 Å². The molecule has 1 aliphatic rings. The lowest BCUT2D eigenvalue weighted by Gasteiger charge is -2.12. The summed E-state index contributed by atoms with van der Waals surface area (Å²) in [7, 11) is 0. The van der Waals surface area contributed by atoms with Crippen molar-refractivity contribution in [2.45, 2.75) is 25.9 Å². The number of aliphatic hydroxyl groups excluding tert-OH is 1. The van der Waals surface area contributed by atoms with Gasteiger partial charge in [-0.2, -0.15) is 0 Å². The molecule has 0 aromatic carbocycles. The van der Waals surface area contributed by atoms with Gasteiger partial charge in [0, 0.05) is 6.61 Å². The zero-order chi connectivity index (χ0) is 6.69. The molecule has 1 fully saturated rings. The fraction of sp³-hybridized carbons (Fsp3) is 1.00. The molecule has 1 rings (SSSR count). The van der Waals surface area contributed by atoms with E-state index in [0.29, 0.717) is 5.92 Å². The summed E-state index contributed by atoms with van der Waals surface area (Å²) in [4.78, 5) is 0. The second-order valence-electron chi connectivity index (χ2n) is 2.55. The van der Waals surface area contributed by atoms with Crippen molar-refractivity contribution in [2.75, 3.05) is 13.2 Å². The van der Waals surface area contributed by atoms with Crippen LogP contribution in [0.1, 0.15) is 19.8 Å². The van der Waals surface area contributed by atoms with Gasteiger partial charge in [0.25, 0.3) is 0 Å². The van der Waals surface area contributed by atoms with Crippen molar-refractivity contribution in [2.24, 2.45) is 5.92 Å². The molecule has 2 atom stereocenters. The molecule has 0 aromatic rings. The zero-order valence-corrected chi connectivity index (χ0v) is 5.84. The lowest BCUT2D eigenvalue weighted by atomic mass is 9.99. The third-order valence-corrected chi connectivity index (χ3v) is 2.05. The van der Waals surface area contributed by atoms with Crippen LogP contribution in [0.4, 0.5) is 0 Å². The molecule has 1 N–H and O–H groups in total. The van der Waals surface area contributed by atoms with Crippen molar-refractivity contribution in [3.8, 4) is 0 Å². The van der Waals surface area contributed by atoms with Crippen molar-refractivity contribution in [1.82, 2.24) is 0 Å². The van der Waals surface area contributed by atoms with Crippen molar-refractivity contribution in [1.29, 1.82) is 0 Å². The molecular formula is C7H14O2. The molecule has 9 heavy (non-hydrogen) atoms. The second-order valence-corrected chi connectivity index (χ2v) is 2.55. The SMILES string of the molecule is CCC1CCOC1CO. The first-order valence-corrected chi connectivity index (χ1v) is 3.61. The van der Waals surface area contributed by atoms with Crippen LogP contribution in [-0.2, 0) is 4.74 Å². The molecule has 0 radical (unpaired) electrons. The Balaban J connectivity index is 2.32. The van der Waals surface area contributed by atoms with Gasteiger partial charge in [0.15, 0.2) is 0 Å². The van der Waals surface area contributed by atoms with Crippen LogP contribution in [0.25, 0.3) is 0 Å². The first-order valence-electron chi connectivity index (χ1n) is 3.61. The highest BCUT2D eigenvalue weighted by Gasteiger charge is 2.25. The average molecular weight is 130 g/mol. The van der Waals surface area contributed by atoms with E-state index >= 15 is 0 Å². The third kappa shape index (κ3) is 1.43. The van der Waals surface area contributed by atoms with Crippen LogP contribution in [0, 0.1) is 5.92 Å². The lowest BCUT2D eigenvalue weighted by Crippen LogP contribution is -2.19. The maximum Gasteiger partial charge on any atom is 0.0834 e. The van der Waals surface area contributed by atoms with Gasteiger partial charge in [-0.05, 0) is 12.3 Å². The lowest BCUT2D eigenvalue weighted by molar-refractivity contribution is 0.0391. The van der Waals surface area contributed by atoms with E-state index in [2.05, 4.69) is 6.92 Å². The quantitative estimate of drug-likeness (QED) is 0.599. The van der Waals surface area contributed by atoms with Gasteiger partial charge in [0.1, 0.15) is 0 Å². The van der Waals surface area contributed by atoms with E-state index in [9.17, 15) is 0 Å². The maximum atomic E-state index is 8.74. The highest BCUT2D eigenvalue weighted by atomic mass is 16.5. The first-order chi connectivity index (χ1) is 4.38. The van der Waals surface area contributed by atoms with Crippen molar-refractivity contribution in [3.63, 3.8) is 0 Å². The summed E-state index contributed by atoms with van der Waals surface area (Å²) in [6.07, 6.45) is 2.39. The molecule has 0 aromatic heterocycles. The van der Waals surface area contributed by atoms with Crippen LogP contribution >= 0.6 is 0 Å². The minimum absolute atomic E-state index is 0.134. The van der Waals surface area contributed by atoms with Gasteiger partial charge in [-0.3, -0.25) is 0 Å². The first kappa shape index (κ1) is 7.03. The van der Waals surface area contributed by atoms with E-state index in [1.54, 1.807) is 0 Å². The fourth-order valence-electron chi connectivity index (χ4n) is 1.36. The molecular weight excluding hydrogens is 116 g/mol. The summed E-state index contributed by atoms with van der Waals surface area (Å²) in [6, 6.07) is 0. The number of rotatable bonds is 2. The van der Waals surface area contributed by atoms with E-state index in [1.165, 1.54) is 0 Å². The summed E-state index contributed by atoms with van der Waals surface area (Å²) in [6.45, 7) is 3.17. The smallest absolute Gasteiger partial charge is 0.0834 e. The number of ether oxygens (including phenoxy) is 1. The Morgan fingerprint density at radius 2 is 2.44 bits per heavy atom. The van der Waals surface area contributed by atoms with Crippen molar-refractivity contribution >= 4 is 0 Å². The van der Waals surface area contributed by atoms with E-state index in [0.717, 1.165) is 19.4 Å². The van der Waals surface area contributed by atoms with E-state index in [-0.39, 0.29) is 12.7 Å². The van der Waals surface area contributed by atoms with Crippen molar-refractivity contribution < 1.29 is 9.84 Å². The molecule has 0 amide bonds. The number of hydrogen-bond donors (Lipinski definition) is 1. The van der Waals surface area contributed by atoms with Gasteiger partial charge in [-0.25, -0.2) is 0 Å². The predicted molar refractivity (Wildman–Crippen MR) is 35.2 cm³/mol. The number of aliphatic hydroxyl groups is 1. The van der Waals surface area contributed by atoms with Gasteiger partial charge < -0.3 is 9.84 Å². The molecule has 2 nitrogen and oxygen atoms in total. The normalized spacial score (nSPS) is 35.3. The Morgan fingerprint density at radius 1 is 1.67 bits per heavy atom. The molecule has 0 bridgehead atoms. The summed E-state index contributed by atoms with van der Waals surface area (Å²) in [5.74, 6) is 0.606. The third-order valence-electron chi connectivity index (χ3n) is 2.05. The summed E-state index contributed by atoms with van der Waals surface area (Å²) in [5.41, 5.74) is 0. The Kier molecular flexibility index (Phi) is 2.49. The molecule has 0 aliphatic carbocycles. The van der Waals surface area contributed by atoms with Gasteiger partial charge in [-0.1, -0.05) is 13.3 Å². The van der Waals surface area contributed by atoms with Crippen LogP contribution in [0.5, 0.6) is 0 Å². The topological polar surface area (TPSA) is 29.5 Å². The van der Waals surface area contributed by atoms with Crippen LogP contribution in [0.3, 0.4) is 0 Å². The molecule has 54 valence electrons. The van der Waals surface area contributed by atoms with Crippen LogP contribution < -0.4 is 0 Å². The molecule has 1 saturated heterocycles. The monoisotopic (exact) mass is 130 g/mol. The summed E-state index contributed by atoms with van der Waals surface area (Å²) >= 11 is 0. The zero-order valence-electron chi connectivity index (χ0n) is 5.84. The summed E-state index contributed by atoms with van der Waals surface area (Å²) < 4.78 is 5.26. The largest absolute Gasteiger partial charge is 0.394 e. The molecule has 2 unspecified atom stereocenters. The minimum Gasteiger partial charge on any atom is -0.394 e. The minimum atomic E-state index is 0.134. The van der Waals surface area contributed by atoms with E-state index < -0.39 is 0 Å². The second kappa shape index (κ2) is 3.18. The van der Waals surface area contributed by atoms with Crippen LogP contribution in [0.15, 0.2) is 0 Å². The molecule has 1 heterocycles. The molecule has 2 heteroatoms. The van der Waals surface area contributed by atoms with Gasteiger partial charge in [0.2, 0.25) is 0 Å². The highest BCUT2D eigenvalue weighted by molar-refractivity contribution is 4.73.